The Labute approximate surface area is 236 Å². The molecule has 0 spiro atoms. The van der Waals surface area contributed by atoms with Crippen LogP contribution < -0.4 is 4.90 Å². The van der Waals surface area contributed by atoms with Crippen LogP contribution in [0.3, 0.4) is 0 Å². The highest BCUT2D eigenvalue weighted by Crippen LogP contribution is 2.76. The van der Waals surface area contributed by atoms with Crippen LogP contribution in [0.15, 0.2) is 30.5 Å². The third-order valence-corrected chi connectivity index (χ3v) is 14.2. The molecule has 0 amide bonds. The Morgan fingerprint density at radius 2 is 1.77 bits per heavy atom. The van der Waals surface area contributed by atoms with Gasteiger partial charge in [-0.3, -0.25) is 0 Å². The van der Waals surface area contributed by atoms with Crippen LogP contribution in [-0.2, 0) is 4.79 Å². The van der Waals surface area contributed by atoms with Crippen molar-refractivity contribution in [1.82, 2.24) is 4.98 Å². The van der Waals surface area contributed by atoms with Crippen LogP contribution in [-0.4, -0.2) is 23.4 Å². The van der Waals surface area contributed by atoms with E-state index in [1.54, 1.807) is 0 Å². The lowest BCUT2D eigenvalue weighted by molar-refractivity contribution is -0.225. The van der Waals surface area contributed by atoms with E-state index in [4.69, 9.17) is 0 Å². The molecule has 1 saturated heterocycles. The van der Waals surface area contributed by atoms with E-state index in [0.29, 0.717) is 46.1 Å². The Kier molecular flexibility index (Phi) is 6.01. The number of allylic oxidation sites excluding steroid dienone is 1. The summed E-state index contributed by atoms with van der Waals surface area (Å²) in [6.45, 7) is 20.6. The largest absolute Gasteiger partial charge is 0.365 e. The van der Waals surface area contributed by atoms with E-state index in [-0.39, 0.29) is 16.4 Å². The minimum atomic E-state index is -0.111. The summed E-state index contributed by atoms with van der Waals surface area (Å²) in [5.41, 5.74) is 3.72. The fourth-order valence-electron chi connectivity index (χ4n) is 12.2. The monoisotopic (exact) mass is 527 g/mol. The highest BCUT2D eigenvalue weighted by molar-refractivity contribution is 5.62. The molecule has 4 aliphatic carbocycles. The second-order valence-electron chi connectivity index (χ2n) is 15.6. The molecule has 2 heterocycles. The van der Waals surface area contributed by atoms with Gasteiger partial charge in [0.05, 0.1) is 11.9 Å². The zero-order chi connectivity index (χ0) is 28.0. The van der Waals surface area contributed by atoms with Gasteiger partial charge in [0.15, 0.2) is 0 Å². The van der Waals surface area contributed by atoms with Gasteiger partial charge in [0.25, 0.3) is 0 Å². The van der Waals surface area contributed by atoms with E-state index in [1.165, 1.54) is 50.4 Å². The molecular formula is C35H49N3O. The lowest BCUT2D eigenvalue weighted by atomic mass is 9.33. The normalized spacial score (nSPS) is 46.2. The zero-order valence-corrected chi connectivity index (χ0v) is 25.2. The predicted molar refractivity (Wildman–Crippen MR) is 157 cm³/mol. The molecule has 6 rings (SSSR count). The molecule has 39 heavy (non-hydrogen) atoms. The van der Waals surface area contributed by atoms with Crippen LogP contribution in [0.2, 0.25) is 0 Å². The highest BCUT2D eigenvalue weighted by Gasteiger charge is 2.70. The average Bonchev–Trinajstić information content (AvgIpc) is 3.29. The number of carbonyl (C=O) groups is 1. The fourth-order valence-corrected chi connectivity index (χ4v) is 12.2. The number of nitrogens with zero attached hydrogens (tertiary/aromatic N) is 3. The third kappa shape index (κ3) is 3.40. The van der Waals surface area contributed by atoms with Crippen molar-refractivity contribution >= 4 is 12.0 Å². The van der Waals surface area contributed by atoms with Crippen molar-refractivity contribution in [2.45, 2.75) is 105 Å². The van der Waals surface area contributed by atoms with E-state index in [9.17, 15) is 10.1 Å². The number of hydrogen-bond acceptors (Lipinski definition) is 4. The number of anilines is 1. The van der Waals surface area contributed by atoms with Crippen LogP contribution in [0.4, 0.5) is 5.69 Å². The van der Waals surface area contributed by atoms with E-state index in [1.807, 2.05) is 12.3 Å². The number of pyridine rings is 1. The van der Waals surface area contributed by atoms with Crippen molar-refractivity contribution in [3.05, 3.63) is 36.2 Å². The maximum absolute atomic E-state index is 12.7. The Bertz CT molecular complexity index is 1210. The molecule has 210 valence electrons. The van der Waals surface area contributed by atoms with Gasteiger partial charge in [0, 0.05) is 17.5 Å². The predicted octanol–water partition coefficient (Wildman–Crippen LogP) is 7.98. The average molecular weight is 528 g/mol. The van der Waals surface area contributed by atoms with Gasteiger partial charge in [-0.05, 0) is 137 Å². The summed E-state index contributed by atoms with van der Waals surface area (Å²) in [4.78, 5) is 19.7. The topological polar surface area (TPSA) is 57.0 Å². The van der Waals surface area contributed by atoms with Gasteiger partial charge in [-0.25, -0.2) is 4.98 Å². The maximum atomic E-state index is 12.7. The van der Waals surface area contributed by atoms with E-state index in [2.05, 4.69) is 70.1 Å². The molecule has 4 nitrogen and oxygen atoms in total. The highest BCUT2D eigenvalue weighted by atomic mass is 16.1. The van der Waals surface area contributed by atoms with Gasteiger partial charge in [0.1, 0.15) is 18.0 Å². The fraction of sp³-hybridized carbons (Fsp3) is 0.743. The summed E-state index contributed by atoms with van der Waals surface area (Å²) < 4.78 is 0. The molecule has 0 bridgehead atoms. The molecular weight excluding hydrogens is 478 g/mol. The molecule has 0 unspecified atom stereocenters. The second kappa shape index (κ2) is 8.67. The van der Waals surface area contributed by atoms with Crippen LogP contribution >= 0.6 is 0 Å². The molecule has 0 radical (unpaired) electrons. The molecule has 1 aromatic rings. The zero-order valence-electron chi connectivity index (χ0n) is 25.2. The minimum absolute atomic E-state index is 0.0255. The van der Waals surface area contributed by atoms with E-state index in [0.717, 1.165) is 31.5 Å². The van der Waals surface area contributed by atoms with Gasteiger partial charge >= 0.3 is 0 Å². The summed E-state index contributed by atoms with van der Waals surface area (Å²) >= 11 is 0. The van der Waals surface area contributed by atoms with Crippen LogP contribution in [0.25, 0.3) is 0 Å². The molecule has 5 aliphatic rings. The van der Waals surface area contributed by atoms with Crippen molar-refractivity contribution in [3.63, 3.8) is 0 Å². The van der Waals surface area contributed by atoms with Crippen LogP contribution in [0.1, 0.15) is 105 Å². The van der Waals surface area contributed by atoms with Crippen molar-refractivity contribution in [1.29, 1.82) is 5.26 Å². The number of fused-ring (bicyclic) bond motifs is 7. The number of aromatic nitrogens is 1. The minimum Gasteiger partial charge on any atom is -0.365 e. The molecule has 4 saturated carbocycles. The molecule has 1 aromatic heterocycles. The Morgan fingerprint density at radius 3 is 2.41 bits per heavy atom. The van der Waals surface area contributed by atoms with Gasteiger partial charge in [0.2, 0.25) is 0 Å². The Hall–Kier alpha value is -2.15. The first-order valence-electron chi connectivity index (χ1n) is 15.6. The van der Waals surface area contributed by atoms with Gasteiger partial charge in [-0.15, -0.1) is 0 Å². The van der Waals surface area contributed by atoms with Gasteiger partial charge in [-0.2, -0.15) is 5.26 Å². The Morgan fingerprint density at radius 1 is 1.00 bits per heavy atom. The van der Waals surface area contributed by atoms with Gasteiger partial charge in [-0.1, -0.05) is 32.9 Å². The summed E-state index contributed by atoms with van der Waals surface area (Å²) in [5, 5.41) is 9.24. The number of hydrogen-bond donors (Lipinski definition) is 0. The number of carbonyl (C=O) groups excluding carboxylic acids is 1. The molecule has 5 fully saturated rings. The van der Waals surface area contributed by atoms with E-state index >= 15 is 0 Å². The maximum Gasteiger partial charge on any atom is 0.140 e. The third-order valence-electron chi connectivity index (χ3n) is 14.2. The van der Waals surface area contributed by atoms with Crippen LogP contribution in [0.5, 0.6) is 0 Å². The quantitative estimate of drug-likeness (QED) is 0.295. The first kappa shape index (κ1) is 27.0. The smallest absolute Gasteiger partial charge is 0.140 e. The van der Waals surface area contributed by atoms with Gasteiger partial charge < -0.3 is 9.69 Å². The lowest BCUT2D eigenvalue weighted by Gasteiger charge is -2.73. The lowest BCUT2D eigenvalue weighted by Crippen LogP contribution is -2.69. The van der Waals surface area contributed by atoms with Crippen molar-refractivity contribution in [2.75, 3.05) is 11.4 Å². The first-order valence-corrected chi connectivity index (χ1v) is 15.6. The van der Waals surface area contributed by atoms with Crippen LogP contribution in [0, 0.1) is 62.6 Å². The standard InChI is InChI=1S/C35H49N3O/c1-23(2)26-12-15-35(22-39)17-16-33(6)27(30(26)35)10-11-29-32(5)18-19-38(25-9-8-24(20-36)37-21-25)31(3,4)28(32)13-14-34(29,33)7/h8-9,21-22,26-30H,1,10-19H2,2-7H3/t26-,27+,28-,29+,30+,32-,33+,34+,35+/m0/s1. The summed E-state index contributed by atoms with van der Waals surface area (Å²) in [7, 11) is 0. The number of nitriles is 1. The summed E-state index contributed by atoms with van der Waals surface area (Å²) in [6, 6.07) is 6.12. The van der Waals surface area contributed by atoms with Crippen molar-refractivity contribution in [3.8, 4) is 6.07 Å². The summed E-state index contributed by atoms with van der Waals surface area (Å²) in [6.07, 6.45) is 14.1. The number of piperidine rings is 1. The van der Waals surface area contributed by atoms with Crippen molar-refractivity contribution < 1.29 is 4.79 Å². The number of rotatable bonds is 3. The Balaban J connectivity index is 1.34. The summed E-state index contributed by atoms with van der Waals surface area (Å²) in [5.74, 6) is 2.94. The molecule has 0 aromatic carbocycles. The number of aldehydes is 1. The SMILES string of the molecule is C=C(C)[C@@H]1CC[C@]2(C=O)CC[C@]3(C)[C@H](CC[C@@H]4[C@@]5(C)CCN(c6ccc(C#N)nc6)C(C)(C)[C@@H]5CC[C@]43C)[C@@H]12. The molecule has 4 heteroatoms. The van der Waals surface area contributed by atoms with Crippen molar-refractivity contribution in [2.24, 2.45) is 51.2 Å². The molecule has 1 aliphatic heterocycles. The molecule has 9 atom stereocenters. The van der Waals surface area contributed by atoms with E-state index < -0.39 is 0 Å². The second-order valence-corrected chi connectivity index (χ2v) is 15.6. The first-order chi connectivity index (χ1) is 18.4. The molecule has 0 N–H and O–H groups in total.